The summed E-state index contributed by atoms with van der Waals surface area (Å²) < 4.78 is 5.31. The van der Waals surface area contributed by atoms with Crippen LogP contribution < -0.4 is 21.7 Å². The average Bonchev–Trinajstić information content (AvgIpc) is 2.75. The first kappa shape index (κ1) is 26.6. The van der Waals surface area contributed by atoms with Gasteiger partial charge >= 0.3 is 6.09 Å². The fraction of sp³-hybridized carbons (Fsp3) is 0.440. The van der Waals surface area contributed by atoms with E-state index in [0.29, 0.717) is 18.7 Å². The molecule has 2 atom stereocenters. The maximum Gasteiger partial charge on any atom is 0.408 e. The normalized spacial score (nSPS) is 12.9. The minimum Gasteiger partial charge on any atom is -0.444 e. The van der Waals surface area contributed by atoms with Crippen LogP contribution in [0.1, 0.15) is 50.9 Å². The number of nitrogens with two attached hydrogens (primary N) is 1. The molecule has 0 spiro atoms. The molecule has 0 aliphatic carbocycles. The summed E-state index contributed by atoms with van der Waals surface area (Å²) in [6, 6.07) is 11.4. The van der Waals surface area contributed by atoms with Crippen molar-refractivity contribution in [3.05, 3.63) is 59.3 Å². The first-order valence-electron chi connectivity index (χ1n) is 11.3. The molecule has 0 saturated carbocycles. The highest BCUT2D eigenvalue weighted by molar-refractivity contribution is 5.91. The minimum absolute atomic E-state index is 0.256. The number of anilines is 1. The molecule has 9 heteroatoms. The zero-order chi connectivity index (χ0) is 25.3. The van der Waals surface area contributed by atoms with E-state index in [9.17, 15) is 14.4 Å². The molecule has 0 aliphatic heterocycles. The molecular weight excluding hydrogens is 434 g/mol. The van der Waals surface area contributed by atoms with E-state index in [1.807, 2.05) is 37.3 Å². The molecule has 1 aromatic carbocycles. The summed E-state index contributed by atoms with van der Waals surface area (Å²) in [5, 5.41) is 8.11. The van der Waals surface area contributed by atoms with Crippen molar-refractivity contribution >= 4 is 23.7 Å². The zero-order valence-corrected chi connectivity index (χ0v) is 20.5. The van der Waals surface area contributed by atoms with E-state index < -0.39 is 29.7 Å². The van der Waals surface area contributed by atoms with E-state index >= 15 is 0 Å². The fourth-order valence-electron chi connectivity index (χ4n) is 3.19. The van der Waals surface area contributed by atoms with Gasteiger partial charge in [0.25, 0.3) is 0 Å². The Morgan fingerprint density at radius 2 is 1.71 bits per heavy atom. The number of pyridine rings is 1. The summed E-state index contributed by atoms with van der Waals surface area (Å²) in [4.78, 5) is 42.0. The molecule has 9 nitrogen and oxygen atoms in total. The van der Waals surface area contributed by atoms with Crippen molar-refractivity contribution in [1.82, 2.24) is 20.9 Å². The molecule has 1 aromatic heterocycles. The number of ether oxygens (including phenoxy) is 1. The van der Waals surface area contributed by atoms with E-state index in [2.05, 4.69) is 20.9 Å². The van der Waals surface area contributed by atoms with Crippen LogP contribution in [0.2, 0.25) is 0 Å². The van der Waals surface area contributed by atoms with Gasteiger partial charge in [-0.05, 0) is 64.7 Å². The van der Waals surface area contributed by atoms with Crippen LogP contribution in [0.4, 0.5) is 10.6 Å². The van der Waals surface area contributed by atoms with Gasteiger partial charge in [0.1, 0.15) is 23.5 Å². The van der Waals surface area contributed by atoms with E-state index in [4.69, 9.17) is 10.5 Å². The van der Waals surface area contributed by atoms with E-state index in [1.165, 1.54) is 0 Å². The number of benzene rings is 1. The Bertz CT molecular complexity index is 989. The summed E-state index contributed by atoms with van der Waals surface area (Å²) in [7, 11) is 0. The molecule has 0 saturated heterocycles. The lowest BCUT2D eigenvalue weighted by Gasteiger charge is -2.24. The summed E-state index contributed by atoms with van der Waals surface area (Å²) in [5.74, 6) is -0.411. The van der Waals surface area contributed by atoms with E-state index in [-0.39, 0.29) is 12.5 Å². The number of hydrogen-bond donors (Lipinski definition) is 4. The summed E-state index contributed by atoms with van der Waals surface area (Å²) >= 11 is 0. The molecule has 2 aromatic rings. The topological polar surface area (TPSA) is 135 Å². The minimum atomic E-state index is -0.867. The van der Waals surface area contributed by atoms with Crippen molar-refractivity contribution in [1.29, 1.82) is 0 Å². The Labute approximate surface area is 200 Å². The molecule has 3 amide bonds. The van der Waals surface area contributed by atoms with Crippen molar-refractivity contribution in [2.24, 2.45) is 0 Å². The van der Waals surface area contributed by atoms with Crippen molar-refractivity contribution in [2.75, 3.05) is 5.73 Å². The van der Waals surface area contributed by atoms with Gasteiger partial charge in [0, 0.05) is 12.2 Å². The third-order valence-corrected chi connectivity index (χ3v) is 4.99. The molecule has 0 bridgehead atoms. The summed E-state index contributed by atoms with van der Waals surface area (Å²) in [6.07, 6.45) is 0.225. The number of aryl methyl sites for hydroxylation is 2. The van der Waals surface area contributed by atoms with Crippen LogP contribution in [0.3, 0.4) is 0 Å². The van der Waals surface area contributed by atoms with Crippen LogP contribution in [-0.4, -0.2) is 40.6 Å². The van der Waals surface area contributed by atoms with Gasteiger partial charge in [0.15, 0.2) is 0 Å². The highest BCUT2D eigenvalue weighted by Gasteiger charge is 2.26. The average molecular weight is 470 g/mol. The SMILES string of the molecule is Cc1nc(N)ccc1CNC(=O)C(C)NC(=O)C(CCc1ccccc1)NC(=O)OC(C)(C)C. The Balaban J connectivity index is 1.98. The van der Waals surface area contributed by atoms with Crippen LogP contribution >= 0.6 is 0 Å². The standard InChI is InChI=1S/C25H35N5O4/c1-16-19(12-14-21(26)28-16)15-27-22(31)17(2)29-23(32)20(30-24(33)34-25(3,4)5)13-11-18-9-7-6-8-10-18/h6-10,12,14,17,20H,11,13,15H2,1-5H3,(H2,26,28)(H,27,31)(H,29,32)(H,30,33). The number of carbonyl (C=O) groups is 3. The second kappa shape index (κ2) is 12.0. The number of hydrogen-bond acceptors (Lipinski definition) is 6. The number of amides is 3. The van der Waals surface area contributed by atoms with Gasteiger partial charge in [-0.2, -0.15) is 0 Å². The maximum atomic E-state index is 13.0. The predicted molar refractivity (Wildman–Crippen MR) is 131 cm³/mol. The number of carbonyl (C=O) groups excluding carboxylic acids is 3. The van der Waals surface area contributed by atoms with Crippen LogP contribution in [0, 0.1) is 6.92 Å². The largest absolute Gasteiger partial charge is 0.444 e. The molecule has 2 unspecified atom stereocenters. The van der Waals surface area contributed by atoms with Crippen LogP contribution in [-0.2, 0) is 27.3 Å². The van der Waals surface area contributed by atoms with Gasteiger partial charge in [-0.1, -0.05) is 36.4 Å². The molecule has 0 radical (unpaired) electrons. The predicted octanol–water partition coefficient (Wildman–Crippen LogP) is 2.62. The van der Waals surface area contributed by atoms with Crippen molar-refractivity contribution in [3.8, 4) is 0 Å². The molecular formula is C25H35N5O4. The first-order valence-corrected chi connectivity index (χ1v) is 11.3. The maximum absolute atomic E-state index is 13.0. The van der Waals surface area contributed by atoms with Gasteiger partial charge in [-0.15, -0.1) is 0 Å². The molecule has 5 N–H and O–H groups in total. The van der Waals surface area contributed by atoms with Crippen LogP contribution in [0.15, 0.2) is 42.5 Å². The zero-order valence-electron chi connectivity index (χ0n) is 20.5. The number of nitrogens with zero attached hydrogens (tertiary/aromatic N) is 1. The molecule has 34 heavy (non-hydrogen) atoms. The van der Waals surface area contributed by atoms with Crippen molar-refractivity contribution < 1.29 is 19.1 Å². The van der Waals surface area contributed by atoms with Gasteiger partial charge in [0.2, 0.25) is 11.8 Å². The Hall–Kier alpha value is -3.62. The smallest absolute Gasteiger partial charge is 0.408 e. The van der Waals surface area contributed by atoms with Gasteiger partial charge < -0.3 is 26.4 Å². The Morgan fingerprint density at radius 3 is 2.32 bits per heavy atom. The quantitative estimate of drug-likeness (QED) is 0.446. The second-order valence-corrected chi connectivity index (χ2v) is 9.15. The number of nitrogen functional groups attached to an aromatic ring is 1. The molecule has 2 rings (SSSR count). The third-order valence-electron chi connectivity index (χ3n) is 4.99. The highest BCUT2D eigenvalue weighted by atomic mass is 16.6. The number of alkyl carbamates (subject to hydrolysis) is 1. The number of rotatable bonds is 9. The lowest BCUT2D eigenvalue weighted by molar-refractivity contribution is -0.129. The Kier molecular flexibility index (Phi) is 9.41. The third kappa shape index (κ3) is 9.09. The van der Waals surface area contributed by atoms with Crippen molar-refractivity contribution in [2.45, 2.75) is 71.7 Å². The van der Waals surface area contributed by atoms with Crippen molar-refractivity contribution in [3.63, 3.8) is 0 Å². The molecule has 0 aliphatic rings. The van der Waals surface area contributed by atoms with E-state index in [0.717, 1.165) is 16.8 Å². The monoisotopic (exact) mass is 469 g/mol. The number of aromatic nitrogens is 1. The summed E-state index contributed by atoms with van der Waals surface area (Å²) in [5.41, 5.74) is 7.54. The van der Waals surface area contributed by atoms with Gasteiger partial charge in [0.05, 0.1) is 0 Å². The molecule has 1 heterocycles. The van der Waals surface area contributed by atoms with E-state index in [1.54, 1.807) is 39.8 Å². The molecule has 184 valence electrons. The second-order valence-electron chi connectivity index (χ2n) is 9.15. The molecule has 0 fully saturated rings. The lowest BCUT2D eigenvalue weighted by Crippen LogP contribution is -2.53. The number of nitrogens with one attached hydrogen (secondary N) is 3. The summed E-state index contributed by atoms with van der Waals surface area (Å²) in [6.45, 7) is 8.89. The highest BCUT2D eigenvalue weighted by Crippen LogP contribution is 2.10. The van der Waals surface area contributed by atoms with Crippen LogP contribution in [0.5, 0.6) is 0 Å². The van der Waals surface area contributed by atoms with Crippen LogP contribution in [0.25, 0.3) is 0 Å². The van der Waals surface area contributed by atoms with Gasteiger partial charge in [-0.25, -0.2) is 9.78 Å². The Morgan fingerprint density at radius 1 is 1.03 bits per heavy atom. The first-order chi connectivity index (χ1) is 15.9. The lowest BCUT2D eigenvalue weighted by atomic mass is 10.0. The van der Waals surface area contributed by atoms with Gasteiger partial charge in [-0.3, -0.25) is 9.59 Å². The fourth-order valence-corrected chi connectivity index (χ4v) is 3.19.